The highest BCUT2D eigenvalue weighted by atomic mass is 32.2. The van der Waals surface area contributed by atoms with Crippen LogP contribution in [0.2, 0.25) is 0 Å². The van der Waals surface area contributed by atoms with Gasteiger partial charge in [0.25, 0.3) is 0 Å². The van der Waals surface area contributed by atoms with Crippen molar-refractivity contribution >= 4 is 21.7 Å². The normalized spacial score (nSPS) is 11.6. The predicted octanol–water partition coefficient (Wildman–Crippen LogP) is 2.31. The fraction of sp³-hybridized carbons (Fsp3) is 0.350. The maximum absolute atomic E-state index is 12.3. The van der Waals surface area contributed by atoms with Crippen LogP contribution in [0.3, 0.4) is 0 Å². The van der Waals surface area contributed by atoms with E-state index in [1.807, 2.05) is 13.0 Å². The van der Waals surface area contributed by atoms with Gasteiger partial charge in [-0.05, 0) is 44.2 Å². The zero-order valence-electron chi connectivity index (χ0n) is 17.7. The Bertz CT molecular complexity index is 1100. The number of nitrogens with one attached hydrogen (secondary N) is 2. The second kappa shape index (κ2) is 10.4. The summed E-state index contributed by atoms with van der Waals surface area (Å²) in [6, 6.07) is 8.17. The van der Waals surface area contributed by atoms with E-state index in [-0.39, 0.29) is 24.8 Å². The molecule has 0 unspecified atom stereocenters. The van der Waals surface area contributed by atoms with E-state index in [1.165, 1.54) is 19.2 Å². The number of rotatable bonds is 11. The van der Waals surface area contributed by atoms with Crippen molar-refractivity contribution in [3.63, 3.8) is 0 Å². The molecule has 0 saturated heterocycles. The molecule has 1 aromatic carbocycles. The summed E-state index contributed by atoms with van der Waals surface area (Å²) in [6.45, 7) is 5.28. The zero-order chi connectivity index (χ0) is 22.3. The molecule has 0 amide bonds. The molecule has 166 valence electrons. The van der Waals surface area contributed by atoms with Gasteiger partial charge in [-0.15, -0.1) is 0 Å². The highest BCUT2D eigenvalue weighted by Gasteiger charge is 2.14. The van der Waals surface area contributed by atoms with Crippen LogP contribution < -0.4 is 10.0 Å². The first kappa shape index (κ1) is 22.8. The lowest BCUT2D eigenvalue weighted by molar-refractivity contribution is -0.0279. The van der Waals surface area contributed by atoms with E-state index in [4.69, 9.17) is 9.47 Å². The lowest BCUT2D eigenvalue weighted by Crippen LogP contribution is -2.27. The summed E-state index contributed by atoms with van der Waals surface area (Å²) in [5, 5.41) is 3.10. The van der Waals surface area contributed by atoms with Gasteiger partial charge in [-0.3, -0.25) is 0 Å². The number of sulfonamides is 1. The van der Waals surface area contributed by atoms with Gasteiger partial charge in [0.2, 0.25) is 16.0 Å². The maximum Gasteiger partial charge on any atom is 0.240 e. The van der Waals surface area contributed by atoms with E-state index >= 15 is 0 Å². The first-order chi connectivity index (χ1) is 14.9. The summed E-state index contributed by atoms with van der Waals surface area (Å²) >= 11 is 0. The fourth-order valence-corrected chi connectivity index (χ4v) is 3.97. The molecule has 0 bridgehead atoms. The quantitative estimate of drug-likeness (QED) is 0.340. The second-order valence-electron chi connectivity index (χ2n) is 6.56. The van der Waals surface area contributed by atoms with Crippen molar-refractivity contribution in [2.45, 2.75) is 25.3 Å². The monoisotopic (exact) mass is 446 g/mol. The molecule has 0 aliphatic carbocycles. The minimum Gasteiger partial charge on any atom is -0.359 e. The Morgan fingerprint density at radius 1 is 1.13 bits per heavy atom. The van der Waals surface area contributed by atoms with E-state index in [2.05, 4.69) is 36.5 Å². The number of nitrogens with zero attached hydrogens (tertiary/aromatic N) is 4. The third-order valence-electron chi connectivity index (χ3n) is 4.45. The Balaban J connectivity index is 1.67. The zero-order valence-corrected chi connectivity index (χ0v) is 18.5. The highest BCUT2D eigenvalue weighted by Crippen LogP contribution is 2.21. The van der Waals surface area contributed by atoms with Gasteiger partial charge in [0.1, 0.15) is 12.6 Å². The van der Waals surface area contributed by atoms with Gasteiger partial charge in [0.05, 0.1) is 29.1 Å². The SMILES string of the molecule is CCn1c(-c2ccnc(Nc3ccc(S(=O)(=O)NCCOCOC)cc3)n2)cnc1C. The highest BCUT2D eigenvalue weighted by molar-refractivity contribution is 7.89. The van der Waals surface area contributed by atoms with Gasteiger partial charge < -0.3 is 19.4 Å². The molecule has 3 aromatic rings. The average molecular weight is 447 g/mol. The van der Waals surface area contributed by atoms with Gasteiger partial charge in [0, 0.05) is 32.1 Å². The molecule has 2 heterocycles. The van der Waals surface area contributed by atoms with Gasteiger partial charge in [0.15, 0.2) is 0 Å². The smallest absolute Gasteiger partial charge is 0.240 e. The van der Waals surface area contributed by atoms with Crippen LogP contribution >= 0.6 is 0 Å². The Hall–Kier alpha value is -2.86. The lowest BCUT2D eigenvalue weighted by Gasteiger charge is -2.10. The maximum atomic E-state index is 12.3. The molecule has 10 nitrogen and oxygen atoms in total. The van der Waals surface area contributed by atoms with E-state index in [0.717, 1.165) is 23.8 Å². The second-order valence-corrected chi connectivity index (χ2v) is 8.33. The topological polar surface area (TPSA) is 120 Å². The number of benzene rings is 1. The van der Waals surface area contributed by atoms with Crippen molar-refractivity contribution < 1.29 is 17.9 Å². The molecule has 2 N–H and O–H groups in total. The Morgan fingerprint density at radius 3 is 2.61 bits per heavy atom. The van der Waals surface area contributed by atoms with Crippen LogP contribution in [0.5, 0.6) is 0 Å². The van der Waals surface area contributed by atoms with Crippen LogP contribution in [0.1, 0.15) is 12.7 Å². The largest absolute Gasteiger partial charge is 0.359 e. The number of aromatic nitrogens is 4. The lowest BCUT2D eigenvalue weighted by atomic mass is 10.3. The molecule has 0 aliphatic rings. The van der Waals surface area contributed by atoms with E-state index < -0.39 is 10.0 Å². The molecular formula is C20H26N6O4S. The number of imidazole rings is 1. The molecule has 11 heteroatoms. The molecule has 3 rings (SSSR count). The van der Waals surface area contributed by atoms with Crippen molar-refractivity contribution in [1.82, 2.24) is 24.2 Å². The van der Waals surface area contributed by atoms with Crippen LogP contribution in [0, 0.1) is 6.92 Å². The third kappa shape index (κ3) is 5.85. The number of hydrogen-bond acceptors (Lipinski definition) is 8. The molecule has 0 aliphatic heterocycles. The Labute approximate surface area is 181 Å². The standard InChI is InChI=1S/C20H26N6O4S/c1-4-26-15(2)22-13-19(26)18-9-10-21-20(25-18)24-16-5-7-17(8-6-16)31(27,28)23-11-12-30-14-29-3/h5-10,13,23H,4,11-12,14H2,1-3H3,(H,21,24,25). The minimum absolute atomic E-state index is 0.117. The van der Waals surface area contributed by atoms with Gasteiger partial charge in [-0.25, -0.2) is 28.1 Å². The van der Waals surface area contributed by atoms with Crippen molar-refractivity contribution in [3.8, 4) is 11.4 Å². The van der Waals surface area contributed by atoms with E-state index in [9.17, 15) is 8.42 Å². The molecule has 0 saturated carbocycles. The van der Waals surface area contributed by atoms with Crippen molar-refractivity contribution in [1.29, 1.82) is 0 Å². The minimum atomic E-state index is -3.62. The molecule has 0 radical (unpaired) electrons. The molecular weight excluding hydrogens is 420 g/mol. The van der Waals surface area contributed by atoms with Crippen LogP contribution in [-0.2, 0) is 26.0 Å². The third-order valence-corrected chi connectivity index (χ3v) is 5.93. The number of hydrogen-bond donors (Lipinski definition) is 2. The Kier molecular flexibility index (Phi) is 7.69. The predicted molar refractivity (Wildman–Crippen MR) is 116 cm³/mol. The average Bonchev–Trinajstić information content (AvgIpc) is 3.14. The van der Waals surface area contributed by atoms with E-state index in [0.29, 0.717) is 11.6 Å². The molecule has 0 fully saturated rings. The summed E-state index contributed by atoms with van der Waals surface area (Å²) in [5.41, 5.74) is 2.33. The Morgan fingerprint density at radius 2 is 1.90 bits per heavy atom. The summed E-state index contributed by atoms with van der Waals surface area (Å²) in [7, 11) is -2.12. The molecule has 31 heavy (non-hydrogen) atoms. The first-order valence-corrected chi connectivity index (χ1v) is 11.2. The van der Waals surface area contributed by atoms with Crippen molar-refractivity contribution in [2.75, 3.05) is 32.4 Å². The van der Waals surface area contributed by atoms with Crippen LogP contribution in [0.15, 0.2) is 47.6 Å². The number of anilines is 2. The molecule has 2 aromatic heterocycles. The number of methoxy groups -OCH3 is 1. The summed E-state index contributed by atoms with van der Waals surface area (Å²) in [5.74, 6) is 1.32. The number of aryl methyl sites for hydroxylation is 1. The van der Waals surface area contributed by atoms with Gasteiger partial charge in [-0.1, -0.05) is 0 Å². The number of ether oxygens (including phenoxy) is 2. The van der Waals surface area contributed by atoms with Crippen LogP contribution in [-0.4, -0.2) is 55.0 Å². The molecule has 0 spiro atoms. The van der Waals surface area contributed by atoms with Crippen molar-refractivity contribution in [2.24, 2.45) is 0 Å². The molecule has 0 atom stereocenters. The summed E-state index contributed by atoms with van der Waals surface area (Å²) in [6.07, 6.45) is 3.46. The van der Waals surface area contributed by atoms with Gasteiger partial charge >= 0.3 is 0 Å². The van der Waals surface area contributed by atoms with Crippen LogP contribution in [0.4, 0.5) is 11.6 Å². The van der Waals surface area contributed by atoms with Crippen molar-refractivity contribution in [3.05, 3.63) is 48.5 Å². The van der Waals surface area contributed by atoms with Gasteiger partial charge in [-0.2, -0.15) is 0 Å². The van der Waals surface area contributed by atoms with E-state index in [1.54, 1.807) is 24.5 Å². The van der Waals surface area contributed by atoms with Crippen LogP contribution in [0.25, 0.3) is 11.4 Å². The fourth-order valence-electron chi connectivity index (χ4n) is 2.95. The summed E-state index contributed by atoms with van der Waals surface area (Å²) in [4.78, 5) is 13.3. The summed E-state index contributed by atoms with van der Waals surface area (Å²) < 4.78 is 39.1. The first-order valence-electron chi connectivity index (χ1n) is 9.73.